The Balaban J connectivity index is 2.52. The predicted octanol–water partition coefficient (Wildman–Crippen LogP) is 1.17. The highest BCUT2D eigenvalue weighted by molar-refractivity contribution is 5.04. The predicted molar refractivity (Wildman–Crippen MR) is 40.9 cm³/mol. The van der Waals surface area contributed by atoms with Crippen molar-refractivity contribution < 1.29 is 8.78 Å². The number of alkyl halides is 2. The summed E-state index contributed by atoms with van der Waals surface area (Å²) in [5.74, 6) is 0. The Hall–Kier alpha value is -0.970. The molecule has 0 fully saturated rings. The minimum absolute atomic E-state index is 0.0352. The largest absolute Gasteiger partial charge is 0.330 e. The fourth-order valence-electron chi connectivity index (χ4n) is 0.868. The third kappa shape index (κ3) is 2.27. The molecule has 12 heavy (non-hydrogen) atoms. The van der Waals surface area contributed by atoms with Crippen LogP contribution in [0.4, 0.5) is 8.78 Å². The summed E-state index contributed by atoms with van der Waals surface area (Å²) in [6.07, 6.45) is 0.850. The third-order valence-corrected chi connectivity index (χ3v) is 1.50. The van der Waals surface area contributed by atoms with Crippen molar-refractivity contribution >= 4 is 0 Å². The fraction of sp³-hybridized carbons (Fsp3) is 0.571. The van der Waals surface area contributed by atoms with Crippen molar-refractivity contribution in [2.45, 2.75) is 19.4 Å². The molecule has 0 aliphatic rings. The zero-order valence-corrected chi connectivity index (χ0v) is 6.58. The van der Waals surface area contributed by atoms with E-state index in [-0.39, 0.29) is 5.56 Å². The van der Waals surface area contributed by atoms with Gasteiger partial charge >= 0.3 is 0 Å². The van der Waals surface area contributed by atoms with Crippen LogP contribution in [0.2, 0.25) is 0 Å². The van der Waals surface area contributed by atoms with Crippen molar-refractivity contribution in [2.75, 3.05) is 6.54 Å². The molecule has 68 valence electrons. The van der Waals surface area contributed by atoms with Crippen LogP contribution in [0.3, 0.4) is 0 Å². The molecule has 0 aromatic carbocycles. The van der Waals surface area contributed by atoms with E-state index in [9.17, 15) is 8.78 Å². The van der Waals surface area contributed by atoms with Crippen LogP contribution in [0.25, 0.3) is 0 Å². The van der Waals surface area contributed by atoms with Crippen LogP contribution in [-0.2, 0) is 6.54 Å². The van der Waals surface area contributed by atoms with E-state index in [0.717, 1.165) is 6.42 Å². The summed E-state index contributed by atoms with van der Waals surface area (Å²) in [4.78, 5) is 0. The average Bonchev–Trinajstić information content (AvgIpc) is 2.48. The molecular formula is C7H11F2N3. The molecule has 0 radical (unpaired) electrons. The van der Waals surface area contributed by atoms with E-state index in [1.165, 1.54) is 17.1 Å². The summed E-state index contributed by atoms with van der Waals surface area (Å²) >= 11 is 0. The van der Waals surface area contributed by atoms with Crippen molar-refractivity contribution in [1.82, 2.24) is 9.78 Å². The first-order valence-corrected chi connectivity index (χ1v) is 3.74. The molecule has 0 aliphatic carbocycles. The van der Waals surface area contributed by atoms with Crippen LogP contribution in [0.1, 0.15) is 18.4 Å². The molecule has 0 aliphatic heterocycles. The number of nitrogens with two attached hydrogens (primary N) is 1. The summed E-state index contributed by atoms with van der Waals surface area (Å²) < 4.78 is 25.5. The number of aryl methyl sites for hydroxylation is 1. The molecule has 1 aromatic heterocycles. The van der Waals surface area contributed by atoms with E-state index in [1.54, 1.807) is 0 Å². The Morgan fingerprint density at radius 1 is 1.58 bits per heavy atom. The molecule has 2 N–H and O–H groups in total. The maximum absolute atomic E-state index is 12.0. The van der Waals surface area contributed by atoms with Crippen molar-refractivity contribution in [3.8, 4) is 0 Å². The quantitative estimate of drug-likeness (QED) is 0.746. The molecule has 0 spiro atoms. The molecule has 0 amide bonds. The van der Waals surface area contributed by atoms with E-state index < -0.39 is 6.43 Å². The van der Waals surface area contributed by atoms with Crippen LogP contribution >= 0.6 is 0 Å². The fourth-order valence-corrected chi connectivity index (χ4v) is 0.868. The molecule has 1 heterocycles. The van der Waals surface area contributed by atoms with Gasteiger partial charge in [0.1, 0.15) is 0 Å². The Morgan fingerprint density at radius 3 is 2.83 bits per heavy atom. The Labute approximate surface area is 69.2 Å². The number of aromatic nitrogens is 2. The minimum atomic E-state index is -2.43. The van der Waals surface area contributed by atoms with Crippen LogP contribution < -0.4 is 5.73 Å². The number of nitrogens with zero attached hydrogens (tertiary/aromatic N) is 2. The van der Waals surface area contributed by atoms with Gasteiger partial charge in [-0.2, -0.15) is 5.10 Å². The Bertz CT molecular complexity index is 234. The van der Waals surface area contributed by atoms with Crippen LogP contribution in [-0.4, -0.2) is 16.3 Å². The highest BCUT2D eigenvalue weighted by atomic mass is 19.3. The van der Waals surface area contributed by atoms with Gasteiger partial charge in [-0.1, -0.05) is 0 Å². The topological polar surface area (TPSA) is 43.8 Å². The van der Waals surface area contributed by atoms with Crippen LogP contribution in [0.5, 0.6) is 0 Å². The maximum Gasteiger partial charge on any atom is 0.266 e. The van der Waals surface area contributed by atoms with E-state index in [2.05, 4.69) is 5.10 Å². The molecule has 5 heteroatoms. The first kappa shape index (κ1) is 9.12. The second-order valence-corrected chi connectivity index (χ2v) is 2.48. The zero-order chi connectivity index (χ0) is 8.97. The van der Waals surface area contributed by atoms with Gasteiger partial charge in [0, 0.05) is 12.7 Å². The maximum atomic E-state index is 12.0. The molecule has 0 bridgehead atoms. The van der Waals surface area contributed by atoms with Crippen molar-refractivity contribution in [1.29, 1.82) is 0 Å². The molecule has 0 atom stereocenters. The molecular weight excluding hydrogens is 164 g/mol. The van der Waals surface area contributed by atoms with E-state index in [1.807, 2.05) is 0 Å². The van der Waals surface area contributed by atoms with Gasteiger partial charge in [0.15, 0.2) is 0 Å². The summed E-state index contributed by atoms with van der Waals surface area (Å²) in [6, 6.07) is 0. The summed E-state index contributed by atoms with van der Waals surface area (Å²) in [5, 5.41) is 3.76. The summed E-state index contributed by atoms with van der Waals surface area (Å²) in [7, 11) is 0. The number of hydrogen-bond acceptors (Lipinski definition) is 2. The van der Waals surface area contributed by atoms with Crippen molar-refractivity contribution in [3.63, 3.8) is 0 Å². The van der Waals surface area contributed by atoms with Crippen molar-refractivity contribution in [3.05, 3.63) is 18.0 Å². The first-order chi connectivity index (χ1) is 5.74. The average molecular weight is 175 g/mol. The van der Waals surface area contributed by atoms with Crippen LogP contribution in [0.15, 0.2) is 12.4 Å². The second kappa shape index (κ2) is 4.15. The number of halogens is 2. The van der Waals surface area contributed by atoms with Gasteiger partial charge < -0.3 is 5.73 Å². The van der Waals surface area contributed by atoms with E-state index in [0.29, 0.717) is 13.1 Å². The monoisotopic (exact) mass is 175 g/mol. The molecule has 3 nitrogen and oxygen atoms in total. The Kier molecular flexibility index (Phi) is 3.16. The van der Waals surface area contributed by atoms with E-state index >= 15 is 0 Å². The van der Waals surface area contributed by atoms with Gasteiger partial charge in [-0.3, -0.25) is 4.68 Å². The minimum Gasteiger partial charge on any atom is -0.330 e. The molecule has 0 unspecified atom stereocenters. The van der Waals surface area contributed by atoms with Gasteiger partial charge in [0.2, 0.25) is 0 Å². The van der Waals surface area contributed by atoms with Gasteiger partial charge in [-0.05, 0) is 13.0 Å². The zero-order valence-electron chi connectivity index (χ0n) is 6.58. The van der Waals surface area contributed by atoms with Gasteiger partial charge in [-0.25, -0.2) is 8.78 Å². The van der Waals surface area contributed by atoms with Gasteiger partial charge in [0.25, 0.3) is 6.43 Å². The standard InChI is InChI=1S/C7H11F2N3/c8-7(9)6-4-11-12(5-6)3-1-2-10/h4-5,7H,1-3,10H2. The van der Waals surface area contributed by atoms with Crippen LogP contribution in [0, 0.1) is 0 Å². The lowest BCUT2D eigenvalue weighted by Crippen LogP contribution is -2.05. The lowest BCUT2D eigenvalue weighted by atomic mass is 10.4. The molecule has 0 saturated heterocycles. The lowest BCUT2D eigenvalue weighted by molar-refractivity contribution is 0.151. The lowest BCUT2D eigenvalue weighted by Gasteiger charge is -1.97. The SMILES string of the molecule is NCCCn1cc(C(F)F)cn1. The Morgan fingerprint density at radius 2 is 2.33 bits per heavy atom. The van der Waals surface area contributed by atoms with Gasteiger partial charge in [-0.15, -0.1) is 0 Å². The highest BCUT2D eigenvalue weighted by Gasteiger charge is 2.08. The van der Waals surface area contributed by atoms with E-state index in [4.69, 9.17) is 5.73 Å². The number of rotatable bonds is 4. The third-order valence-electron chi connectivity index (χ3n) is 1.50. The number of hydrogen-bond donors (Lipinski definition) is 1. The second-order valence-electron chi connectivity index (χ2n) is 2.48. The first-order valence-electron chi connectivity index (χ1n) is 3.74. The summed E-state index contributed by atoms with van der Waals surface area (Å²) in [6.45, 7) is 1.15. The summed E-state index contributed by atoms with van der Waals surface area (Å²) in [5.41, 5.74) is 5.22. The molecule has 1 aromatic rings. The van der Waals surface area contributed by atoms with Crippen molar-refractivity contribution in [2.24, 2.45) is 5.73 Å². The highest BCUT2D eigenvalue weighted by Crippen LogP contribution is 2.16. The smallest absolute Gasteiger partial charge is 0.266 e. The molecule has 0 saturated carbocycles. The normalized spacial score (nSPS) is 11.0. The molecule has 1 rings (SSSR count). The van der Waals surface area contributed by atoms with Gasteiger partial charge in [0.05, 0.1) is 11.8 Å².